The van der Waals surface area contributed by atoms with Gasteiger partial charge in [0.05, 0.1) is 12.2 Å². The Morgan fingerprint density at radius 3 is 2.70 bits per heavy atom. The third-order valence-electron chi connectivity index (χ3n) is 2.08. The lowest BCUT2D eigenvalue weighted by molar-refractivity contribution is -0.0478. The number of hydrogen-bond acceptors (Lipinski definition) is 2. The Bertz CT molecular complexity index is 95.4. The first-order valence-corrected chi connectivity index (χ1v) is 4.13. The molecule has 0 aromatic heterocycles. The molecule has 0 amide bonds. The van der Waals surface area contributed by atoms with E-state index >= 15 is 0 Å². The first-order valence-electron chi connectivity index (χ1n) is 4.13. The molecule has 3 unspecified atom stereocenters. The highest BCUT2D eigenvalue weighted by atomic mass is 16.5. The third kappa shape index (κ3) is 1.96. The highest BCUT2D eigenvalue weighted by Crippen LogP contribution is 2.19. The first-order chi connectivity index (χ1) is 4.72. The van der Waals surface area contributed by atoms with E-state index in [9.17, 15) is 0 Å². The fraction of sp³-hybridized carbons (Fsp3) is 1.00. The van der Waals surface area contributed by atoms with Crippen molar-refractivity contribution in [1.29, 1.82) is 0 Å². The Morgan fingerprint density at radius 1 is 1.50 bits per heavy atom. The van der Waals surface area contributed by atoms with E-state index < -0.39 is 0 Å². The Hall–Kier alpha value is -0.0800. The van der Waals surface area contributed by atoms with Gasteiger partial charge < -0.3 is 10.5 Å². The molecule has 2 N–H and O–H groups in total. The molecule has 0 bridgehead atoms. The van der Waals surface area contributed by atoms with E-state index in [1.54, 1.807) is 0 Å². The molecule has 0 radical (unpaired) electrons. The van der Waals surface area contributed by atoms with Crippen LogP contribution in [0.3, 0.4) is 0 Å². The lowest BCUT2D eigenvalue weighted by Crippen LogP contribution is -2.38. The van der Waals surface area contributed by atoms with E-state index in [2.05, 4.69) is 13.8 Å². The van der Waals surface area contributed by atoms with Crippen molar-refractivity contribution in [3.8, 4) is 0 Å². The molecule has 0 saturated carbocycles. The first kappa shape index (κ1) is 8.02. The molecule has 1 heterocycles. The van der Waals surface area contributed by atoms with Gasteiger partial charge in [-0.1, -0.05) is 6.92 Å². The minimum Gasteiger partial charge on any atom is -0.375 e. The molecule has 1 aliphatic rings. The molecule has 10 heavy (non-hydrogen) atoms. The summed E-state index contributed by atoms with van der Waals surface area (Å²) in [4.78, 5) is 0. The molecular formula is C8H17NO. The van der Waals surface area contributed by atoms with Crippen LogP contribution in [0.2, 0.25) is 0 Å². The average Bonchev–Trinajstić information content (AvgIpc) is 1.85. The molecule has 1 rings (SSSR count). The van der Waals surface area contributed by atoms with E-state index in [1.165, 1.54) is 0 Å². The SMILES string of the molecule is CCC1CC(N)CC(C)O1. The zero-order chi connectivity index (χ0) is 7.56. The summed E-state index contributed by atoms with van der Waals surface area (Å²) >= 11 is 0. The Morgan fingerprint density at radius 2 is 2.20 bits per heavy atom. The van der Waals surface area contributed by atoms with Gasteiger partial charge in [-0.05, 0) is 26.2 Å². The van der Waals surface area contributed by atoms with Crippen LogP contribution in [-0.4, -0.2) is 18.2 Å². The summed E-state index contributed by atoms with van der Waals surface area (Å²) in [5, 5.41) is 0. The minimum absolute atomic E-state index is 0.369. The zero-order valence-corrected chi connectivity index (χ0v) is 6.84. The normalized spacial score (nSPS) is 41.7. The lowest BCUT2D eigenvalue weighted by Gasteiger charge is -2.31. The molecule has 2 nitrogen and oxygen atoms in total. The third-order valence-corrected chi connectivity index (χ3v) is 2.08. The van der Waals surface area contributed by atoms with Crippen molar-refractivity contribution < 1.29 is 4.74 Å². The monoisotopic (exact) mass is 143 g/mol. The van der Waals surface area contributed by atoms with Gasteiger partial charge in [0.2, 0.25) is 0 Å². The maximum atomic E-state index is 5.81. The highest BCUT2D eigenvalue weighted by Gasteiger charge is 2.22. The van der Waals surface area contributed by atoms with Crippen molar-refractivity contribution in [1.82, 2.24) is 0 Å². The molecule has 0 spiro atoms. The second-order valence-corrected chi connectivity index (χ2v) is 3.21. The topological polar surface area (TPSA) is 35.2 Å². The van der Waals surface area contributed by atoms with Gasteiger partial charge in [0.1, 0.15) is 0 Å². The summed E-state index contributed by atoms with van der Waals surface area (Å²) < 4.78 is 5.63. The largest absolute Gasteiger partial charge is 0.375 e. The molecule has 1 aliphatic heterocycles. The van der Waals surface area contributed by atoms with Crippen molar-refractivity contribution in [2.45, 2.75) is 51.4 Å². The Kier molecular flexibility index (Phi) is 2.69. The van der Waals surface area contributed by atoms with Crippen LogP contribution >= 0.6 is 0 Å². The highest BCUT2D eigenvalue weighted by molar-refractivity contribution is 4.76. The standard InChI is InChI=1S/C8H17NO/c1-3-8-5-7(9)4-6(2)10-8/h6-8H,3-5,9H2,1-2H3. The minimum atomic E-state index is 0.369. The summed E-state index contributed by atoms with van der Waals surface area (Å²) in [6.07, 6.45) is 3.95. The van der Waals surface area contributed by atoms with E-state index in [0.29, 0.717) is 18.2 Å². The second-order valence-electron chi connectivity index (χ2n) is 3.21. The van der Waals surface area contributed by atoms with E-state index in [0.717, 1.165) is 19.3 Å². The van der Waals surface area contributed by atoms with Crippen LogP contribution in [0.4, 0.5) is 0 Å². The summed E-state index contributed by atoms with van der Waals surface area (Å²) in [6.45, 7) is 4.25. The average molecular weight is 143 g/mol. The molecule has 0 aromatic rings. The van der Waals surface area contributed by atoms with E-state index in [1.807, 2.05) is 0 Å². The molecular weight excluding hydrogens is 126 g/mol. The Labute approximate surface area is 62.7 Å². The Balaban J connectivity index is 2.35. The van der Waals surface area contributed by atoms with Crippen LogP contribution < -0.4 is 5.73 Å². The van der Waals surface area contributed by atoms with Crippen molar-refractivity contribution in [3.63, 3.8) is 0 Å². The van der Waals surface area contributed by atoms with Crippen molar-refractivity contribution >= 4 is 0 Å². The van der Waals surface area contributed by atoms with Gasteiger partial charge in [0.15, 0.2) is 0 Å². The van der Waals surface area contributed by atoms with Gasteiger partial charge in [-0.3, -0.25) is 0 Å². The van der Waals surface area contributed by atoms with Crippen LogP contribution in [0, 0.1) is 0 Å². The summed E-state index contributed by atoms with van der Waals surface area (Å²) in [5.41, 5.74) is 5.81. The van der Waals surface area contributed by atoms with Crippen LogP contribution in [0.15, 0.2) is 0 Å². The zero-order valence-electron chi connectivity index (χ0n) is 6.84. The molecule has 0 aliphatic carbocycles. The van der Waals surface area contributed by atoms with Gasteiger partial charge in [-0.2, -0.15) is 0 Å². The molecule has 2 heteroatoms. The maximum absolute atomic E-state index is 5.81. The maximum Gasteiger partial charge on any atom is 0.0590 e. The number of rotatable bonds is 1. The molecule has 1 fully saturated rings. The van der Waals surface area contributed by atoms with Crippen LogP contribution in [0.1, 0.15) is 33.1 Å². The van der Waals surface area contributed by atoms with Crippen LogP contribution in [0.25, 0.3) is 0 Å². The molecule has 3 atom stereocenters. The van der Waals surface area contributed by atoms with Gasteiger partial charge in [-0.25, -0.2) is 0 Å². The molecule has 0 aromatic carbocycles. The van der Waals surface area contributed by atoms with Gasteiger partial charge in [0, 0.05) is 6.04 Å². The summed E-state index contributed by atoms with van der Waals surface area (Å²) in [6, 6.07) is 0.369. The second kappa shape index (κ2) is 3.35. The van der Waals surface area contributed by atoms with Gasteiger partial charge in [-0.15, -0.1) is 0 Å². The van der Waals surface area contributed by atoms with Gasteiger partial charge >= 0.3 is 0 Å². The summed E-state index contributed by atoms with van der Waals surface area (Å²) in [5.74, 6) is 0. The quantitative estimate of drug-likeness (QED) is 0.600. The van der Waals surface area contributed by atoms with Crippen LogP contribution in [0.5, 0.6) is 0 Å². The number of ether oxygens (including phenoxy) is 1. The number of hydrogen-bond donors (Lipinski definition) is 1. The van der Waals surface area contributed by atoms with Crippen molar-refractivity contribution in [2.24, 2.45) is 5.73 Å². The fourth-order valence-corrected chi connectivity index (χ4v) is 1.56. The smallest absolute Gasteiger partial charge is 0.0590 e. The van der Waals surface area contributed by atoms with Crippen molar-refractivity contribution in [3.05, 3.63) is 0 Å². The van der Waals surface area contributed by atoms with E-state index in [-0.39, 0.29) is 0 Å². The number of nitrogens with two attached hydrogens (primary N) is 1. The predicted molar refractivity (Wildman–Crippen MR) is 41.8 cm³/mol. The predicted octanol–water partition coefficient (Wildman–Crippen LogP) is 1.29. The van der Waals surface area contributed by atoms with Crippen molar-refractivity contribution in [2.75, 3.05) is 0 Å². The molecule has 60 valence electrons. The van der Waals surface area contributed by atoms with Gasteiger partial charge in [0.25, 0.3) is 0 Å². The van der Waals surface area contributed by atoms with E-state index in [4.69, 9.17) is 10.5 Å². The molecule has 1 saturated heterocycles. The summed E-state index contributed by atoms with van der Waals surface area (Å²) in [7, 11) is 0. The lowest BCUT2D eigenvalue weighted by atomic mass is 9.99. The fourth-order valence-electron chi connectivity index (χ4n) is 1.56. The van der Waals surface area contributed by atoms with Crippen LogP contribution in [-0.2, 0) is 4.74 Å².